The van der Waals surface area contributed by atoms with Crippen molar-refractivity contribution >= 4 is 0 Å². The first-order valence-corrected chi connectivity index (χ1v) is 6.15. The van der Waals surface area contributed by atoms with E-state index in [1.54, 1.807) is 0 Å². The average molecular weight is 199 g/mol. The smallest absolute Gasteiger partial charge is 0.0726 e. The van der Waals surface area contributed by atoms with Gasteiger partial charge in [-0.15, -0.1) is 0 Å². The first kappa shape index (κ1) is 12.0. The Kier molecular flexibility index (Phi) is 5.49. The van der Waals surface area contributed by atoms with Crippen molar-refractivity contribution in [3.05, 3.63) is 0 Å². The summed E-state index contributed by atoms with van der Waals surface area (Å²) in [5, 5.41) is 0. The van der Waals surface area contributed by atoms with Crippen LogP contribution in [0.1, 0.15) is 52.4 Å². The predicted molar refractivity (Wildman–Crippen MR) is 60.3 cm³/mol. The first-order chi connectivity index (χ1) is 6.77. The van der Waals surface area contributed by atoms with Gasteiger partial charge < -0.3 is 10.5 Å². The molecule has 2 heteroatoms. The van der Waals surface area contributed by atoms with Crippen molar-refractivity contribution in [2.75, 3.05) is 6.61 Å². The van der Waals surface area contributed by atoms with Crippen molar-refractivity contribution in [3.63, 3.8) is 0 Å². The normalized spacial score (nSPS) is 28.3. The van der Waals surface area contributed by atoms with Crippen LogP contribution in [-0.4, -0.2) is 18.8 Å². The molecule has 1 rings (SSSR count). The van der Waals surface area contributed by atoms with E-state index in [1.165, 1.54) is 32.1 Å². The van der Waals surface area contributed by atoms with Crippen molar-refractivity contribution in [2.45, 2.75) is 64.5 Å². The maximum atomic E-state index is 6.02. The van der Waals surface area contributed by atoms with Crippen molar-refractivity contribution in [1.82, 2.24) is 0 Å². The van der Waals surface area contributed by atoms with Crippen molar-refractivity contribution < 1.29 is 4.74 Å². The molecule has 1 aliphatic carbocycles. The number of ether oxygens (including phenoxy) is 1. The van der Waals surface area contributed by atoms with Gasteiger partial charge in [-0.2, -0.15) is 0 Å². The van der Waals surface area contributed by atoms with Crippen LogP contribution in [0.5, 0.6) is 0 Å². The summed E-state index contributed by atoms with van der Waals surface area (Å²) >= 11 is 0. The highest BCUT2D eigenvalue weighted by Gasteiger charge is 2.22. The van der Waals surface area contributed by atoms with E-state index in [1.807, 2.05) is 0 Å². The third-order valence-corrected chi connectivity index (χ3v) is 3.45. The average Bonchev–Trinajstić information content (AvgIpc) is 2.22. The SMILES string of the molecule is CCC(CC)COC1CCCCC1N. The molecule has 14 heavy (non-hydrogen) atoms. The van der Waals surface area contributed by atoms with Gasteiger partial charge in [0.15, 0.2) is 0 Å². The van der Waals surface area contributed by atoms with Gasteiger partial charge in [-0.25, -0.2) is 0 Å². The van der Waals surface area contributed by atoms with Gasteiger partial charge in [0.25, 0.3) is 0 Å². The molecule has 1 aliphatic rings. The van der Waals surface area contributed by atoms with Gasteiger partial charge in [0, 0.05) is 12.6 Å². The molecule has 84 valence electrons. The van der Waals surface area contributed by atoms with Gasteiger partial charge in [0.05, 0.1) is 6.10 Å². The summed E-state index contributed by atoms with van der Waals surface area (Å²) in [6, 6.07) is 0.290. The second kappa shape index (κ2) is 6.41. The van der Waals surface area contributed by atoms with Gasteiger partial charge in [-0.05, 0) is 18.8 Å². The number of rotatable bonds is 5. The fraction of sp³-hybridized carbons (Fsp3) is 1.00. The Balaban J connectivity index is 2.21. The minimum absolute atomic E-state index is 0.290. The number of nitrogens with two attached hydrogens (primary N) is 1. The Morgan fingerprint density at radius 1 is 1.21 bits per heavy atom. The summed E-state index contributed by atoms with van der Waals surface area (Å²) in [5.74, 6) is 0.726. The molecule has 0 radical (unpaired) electrons. The van der Waals surface area contributed by atoms with E-state index in [2.05, 4.69) is 13.8 Å². The Labute approximate surface area is 88.2 Å². The molecule has 2 N–H and O–H groups in total. The predicted octanol–water partition coefficient (Wildman–Crippen LogP) is 2.71. The quantitative estimate of drug-likeness (QED) is 0.739. The minimum Gasteiger partial charge on any atom is -0.376 e. The summed E-state index contributed by atoms with van der Waals surface area (Å²) in [6.45, 7) is 5.38. The molecule has 0 aromatic carbocycles. The van der Waals surface area contributed by atoms with Gasteiger partial charge >= 0.3 is 0 Å². The minimum atomic E-state index is 0.290. The molecule has 0 aromatic rings. The Hall–Kier alpha value is -0.0800. The lowest BCUT2D eigenvalue weighted by molar-refractivity contribution is -0.00500. The van der Waals surface area contributed by atoms with Crippen LogP contribution in [0, 0.1) is 5.92 Å². The van der Waals surface area contributed by atoms with E-state index in [-0.39, 0.29) is 6.04 Å². The topological polar surface area (TPSA) is 35.2 Å². The molecular formula is C12H25NO. The van der Waals surface area contributed by atoms with Gasteiger partial charge in [0.2, 0.25) is 0 Å². The zero-order valence-electron chi connectivity index (χ0n) is 9.67. The van der Waals surface area contributed by atoms with E-state index in [4.69, 9.17) is 10.5 Å². The second-order valence-electron chi connectivity index (χ2n) is 4.50. The molecule has 0 heterocycles. The van der Waals surface area contributed by atoms with Crippen LogP contribution in [0.2, 0.25) is 0 Å². The van der Waals surface area contributed by atoms with E-state index in [9.17, 15) is 0 Å². The zero-order valence-corrected chi connectivity index (χ0v) is 9.67. The summed E-state index contributed by atoms with van der Waals surface area (Å²) < 4.78 is 5.91. The van der Waals surface area contributed by atoms with Gasteiger partial charge in [-0.3, -0.25) is 0 Å². The summed E-state index contributed by atoms with van der Waals surface area (Å²) in [4.78, 5) is 0. The zero-order chi connectivity index (χ0) is 10.4. The second-order valence-corrected chi connectivity index (χ2v) is 4.50. The van der Waals surface area contributed by atoms with Crippen molar-refractivity contribution in [1.29, 1.82) is 0 Å². The molecule has 1 saturated carbocycles. The maximum absolute atomic E-state index is 6.02. The highest BCUT2D eigenvalue weighted by atomic mass is 16.5. The van der Waals surface area contributed by atoms with Crippen molar-refractivity contribution in [2.24, 2.45) is 11.7 Å². The standard InChI is InChI=1S/C12H25NO/c1-3-10(4-2)9-14-12-8-6-5-7-11(12)13/h10-12H,3-9,13H2,1-2H3. The fourth-order valence-electron chi connectivity index (χ4n) is 2.12. The Bertz CT molecular complexity index is 145. The number of hydrogen-bond acceptors (Lipinski definition) is 2. The molecule has 0 aliphatic heterocycles. The molecule has 0 saturated heterocycles. The lowest BCUT2D eigenvalue weighted by atomic mass is 9.93. The highest BCUT2D eigenvalue weighted by Crippen LogP contribution is 2.21. The van der Waals surface area contributed by atoms with Crippen LogP contribution in [0.4, 0.5) is 0 Å². The fourth-order valence-corrected chi connectivity index (χ4v) is 2.12. The van der Waals surface area contributed by atoms with Crippen LogP contribution in [-0.2, 0) is 4.74 Å². The molecule has 0 amide bonds. The van der Waals surface area contributed by atoms with Gasteiger partial charge in [-0.1, -0.05) is 39.5 Å². The molecule has 2 unspecified atom stereocenters. The third-order valence-electron chi connectivity index (χ3n) is 3.45. The van der Waals surface area contributed by atoms with Crippen LogP contribution in [0.15, 0.2) is 0 Å². The van der Waals surface area contributed by atoms with Crippen LogP contribution in [0.3, 0.4) is 0 Å². The molecule has 1 fully saturated rings. The molecular weight excluding hydrogens is 174 g/mol. The Morgan fingerprint density at radius 3 is 2.43 bits per heavy atom. The van der Waals surface area contributed by atoms with Crippen LogP contribution < -0.4 is 5.73 Å². The summed E-state index contributed by atoms with van der Waals surface area (Å²) in [6.07, 6.45) is 7.67. The number of hydrogen-bond donors (Lipinski definition) is 1. The lowest BCUT2D eigenvalue weighted by Crippen LogP contribution is -2.40. The van der Waals surface area contributed by atoms with E-state index < -0.39 is 0 Å². The molecule has 0 bridgehead atoms. The molecule has 2 nitrogen and oxygen atoms in total. The third kappa shape index (κ3) is 3.58. The van der Waals surface area contributed by atoms with E-state index >= 15 is 0 Å². The highest BCUT2D eigenvalue weighted by molar-refractivity contribution is 4.78. The van der Waals surface area contributed by atoms with E-state index in [0.29, 0.717) is 6.10 Å². The maximum Gasteiger partial charge on any atom is 0.0726 e. The Morgan fingerprint density at radius 2 is 1.86 bits per heavy atom. The van der Waals surface area contributed by atoms with E-state index in [0.717, 1.165) is 18.9 Å². The van der Waals surface area contributed by atoms with Crippen molar-refractivity contribution in [3.8, 4) is 0 Å². The van der Waals surface area contributed by atoms with Gasteiger partial charge in [0.1, 0.15) is 0 Å². The van der Waals surface area contributed by atoms with Crippen LogP contribution >= 0.6 is 0 Å². The molecule has 0 aromatic heterocycles. The first-order valence-electron chi connectivity index (χ1n) is 6.15. The van der Waals surface area contributed by atoms with Crippen LogP contribution in [0.25, 0.3) is 0 Å². The lowest BCUT2D eigenvalue weighted by Gasteiger charge is -2.29. The summed E-state index contributed by atoms with van der Waals surface area (Å²) in [5.41, 5.74) is 6.02. The largest absolute Gasteiger partial charge is 0.376 e. The monoisotopic (exact) mass is 199 g/mol. The molecule has 0 spiro atoms. The summed E-state index contributed by atoms with van der Waals surface area (Å²) in [7, 11) is 0. The molecule has 2 atom stereocenters.